The van der Waals surface area contributed by atoms with E-state index in [2.05, 4.69) is 25.3 Å². The summed E-state index contributed by atoms with van der Waals surface area (Å²) < 4.78 is 53.4. The Balaban J connectivity index is 1.60. The summed E-state index contributed by atoms with van der Waals surface area (Å²) >= 11 is 1.18. The third-order valence-corrected chi connectivity index (χ3v) is 6.14. The highest BCUT2D eigenvalue weighted by atomic mass is 32.2. The number of halogens is 2. The first-order valence-electron chi connectivity index (χ1n) is 7.17. The van der Waals surface area contributed by atoms with Gasteiger partial charge in [0.1, 0.15) is 10.0 Å². The SMILES string of the molecule is Cc1ccc(S(=O)(=O)NCCNc2ccc3nnc(C(F)F)n3n2)s1. The highest BCUT2D eigenvalue weighted by Gasteiger charge is 2.17. The minimum atomic E-state index is -3.55. The molecular formula is C13H14F2N6O2S2. The highest BCUT2D eigenvalue weighted by Crippen LogP contribution is 2.20. The Kier molecular flexibility index (Phi) is 4.92. The second-order valence-electron chi connectivity index (χ2n) is 5.04. The Morgan fingerprint density at radius 3 is 2.68 bits per heavy atom. The summed E-state index contributed by atoms with van der Waals surface area (Å²) in [6.07, 6.45) is -2.79. The molecule has 0 saturated carbocycles. The number of hydrogen-bond acceptors (Lipinski definition) is 7. The van der Waals surface area contributed by atoms with Crippen LogP contribution in [0.4, 0.5) is 14.6 Å². The zero-order chi connectivity index (χ0) is 18.0. The van der Waals surface area contributed by atoms with Crippen LogP contribution in [-0.2, 0) is 10.0 Å². The first kappa shape index (κ1) is 17.6. The molecule has 0 atom stereocenters. The van der Waals surface area contributed by atoms with Crippen LogP contribution in [0.25, 0.3) is 5.65 Å². The number of aromatic nitrogens is 4. The van der Waals surface area contributed by atoms with Gasteiger partial charge in [-0.25, -0.2) is 21.9 Å². The van der Waals surface area contributed by atoms with Crippen molar-refractivity contribution in [2.75, 3.05) is 18.4 Å². The third-order valence-electron chi connectivity index (χ3n) is 3.19. The number of nitrogens with one attached hydrogen (secondary N) is 2. The number of anilines is 1. The fourth-order valence-electron chi connectivity index (χ4n) is 2.04. The molecule has 12 heteroatoms. The fourth-order valence-corrected chi connectivity index (χ4v) is 4.40. The number of thiophene rings is 1. The monoisotopic (exact) mass is 388 g/mol. The smallest absolute Gasteiger partial charge is 0.299 e. The number of nitrogens with zero attached hydrogens (tertiary/aromatic N) is 4. The van der Waals surface area contributed by atoms with Gasteiger partial charge in [0, 0.05) is 18.0 Å². The van der Waals surface area contributed by atoms with E-state index in [1.165, 1.54) is 17.4 Å². The molecule has 0 radical (unpaired) electrons. The van der Waals surface area contributed by atoms with Crippen LogP contribution < -0.4 is 10.0 Å². The number of rotatable bonds is 7. The lowest BCUT2D eigenvalue weighted by atomic mass is 10.5. The molecule has 0 aromatic carbocycles. The topological polar surface area (TPSA) is 101 Å². The van der Waals surface area contributed by atoms with E-state index < -0.39 is 22.3 Å². The predicted molar refractivity (Wildman–Crippen MR) is 88.5 cm³/mol. The Morgan fingerprint density at radius 1 is 1.20 bits per heavy atom. The largest absolute Gasteiger partial charge is 0.367 e. The van der Waals surface area contributed by atoms with Crippen molar-refractivity contribution in [1.29, 1.82) is 0 Å². The Labute approximate surface area is 145 Å². The average Bonchev–Trinajstić information content (AvgIpc) is 3.17. The summed E-state index contributed by atoms with van der Waals surface area (Å²) in [5.41, 5.74) is 0.203. The van der Waals surface area contributed by atoms with Gasteiger partial charge in [0.25, 0.3) is 6.43 Å². The normalized spacial score (nSPS) is 12.2. The van der Waals surface area contributed by atoms with Crippen molar-refractivity contribution in [3.63, 3.8) is 0 Å². The predicted octanol–water partition coefficient (Wildman–Crippen LogP) is 1.82. The molecule has 0 aliphatic carbocycles. The van der Waals surface area contributed by atoms with Crippen LogP contribution in [0, 0.1) is 6.92 Å². The van der Waals surface area contributed by atoms with Gasteiger partial charge in [0.05, 0.1) is 0 Å². The number of fused-ring (bicyclic) bond motifs is 1. The second kappa shape index (κ2) is 6.98. The van der Waals surface area contributed by atoms with E-state index in [1.807, 2.05) is 6.92 Å². The lowest BCUT2D eigenvalue weighted by Gasteiger charge is -2.07. The second-order valence-corrected chi connectivity index (χ2v) is 8.32. The maximum absolute atomic E-state index is 12.8. The van der Waals surface area contributed by atoms with Gasteiger partial charge in [-0.2, -0.15) is 4.52 Å². The van der Waals surface area contributed by atoms with E-state index >= 15 is 0 Å². The van der Waals surface area contributed by atoms with Gasteiger partial charge < -0.3 is 5.32 Å². The summed E-state index contributed by atoms with van der Waals surface area (Å²) in [7, 11) is -3.55. The number of hydrogen-bond donors (Lipinski definition) is 2. The van der Waals surface area contributed by atoms with E-state index in [4.69, 9.17) is 0 Å². The molecule has 3 rings (SSSR count). The fraction of sp³-hybridized carbons (Fsp3) is 0.308. The van der Waals surface area contributed by atoms with Crippen LogP contribution in [0.15, 0.2) is 28.5 Å². The quantitative estimate of drug-likeness (QED) is 0.599. The van der Waals surface area contributed by atoms with E-state index in [0.717, 1.165) is 9.39 Å². The van der Waals surface area contributed by atoms with Gasteiger partial charge in [-0.05, 0) is 31.2 Å². The lowest BCUT2D eigenvalue weighted by Crippen LogP contribution is -2.28. The minimum Gasteiger partial charge on any atom is -0.367 e. The Morgan fingerprint density at radius 2 is 2.00 bits per heavy atom. The first-order chi connectivity index (χ1) is 11.9. The Hall–Kier alpha value is -2.18. The lowest BCUT2D eigenvalue weighted by molar-refractivity contribution is 0.137. The summed E-state index contributed by atoms with van der Waals surface area (Å²) in [6, 6.07) is 6.32. The molecule has 0 amide bonds. The summed E-state index contributed by atoms with van der Waals surface area (Å²) in [5, 5.41) is 13.8. The van der Waals surface area contributed by atoms with Crippen molar-refractivity contribution in [1.82, 2.24) is 24.5 Å². The maximum atomic E-state index is 12.8. The molecule has 25 heavy (non-hydrogen) atoms. The molecule has 0 aliphatic rings. The molecule has 0 saturated heterocycles. The molecule has 0 unspecified atom stereocenters. The van der Waals surface area contributed by atoms with Crippen molar-refractivity contribution >= 4 is 32.8 Å². The minimum absolute atomic E-state index is 0.114. The molecule has 0 aliphatic heterocycles. The molecule has 0 bridgehead atoms. The van der Waals surface area contributed by atoms with Crippen LogP contribution in [0.5, 0.6) is 0 Å². The standard InChI is InChI=1S/C13H14F2N6O2S2/c1-8-2-5-11(24-8)25(22,23)17-7-6-16-9-3-4-10-18-19-13(12(14)15)21(10)20-9/h2-5,12,17H,6-7H2,1H3,(H,16,20). The van der Waals surface area contributed by atoms with Crippen molar-refractivity contribution in [2.24, 2.45) is 0 Å². The van der Waals surface area contributed by atoms with Gasteiger partial charge in [-0.15, -0.1) is 26.6 Å². The van der Waals surface area contributed by atoms with Crippen molar-refractivity contribution in [3.8, 4) is 0 Å². The van der Waals surface area contributed by atoms with Gasteiger partial charge in [0.15, 0.2) is 5.65 Å². The molecule has 3 heterocycles. The summed E-state index contributed by atoms with van der Waals surface area (Å²) in [5.74, 6) is -0.243. The zero-order valence-electron chi connectivity index (χ0n) is 13.0. The molecule has 3 aromatic rings. The van der Waals surface area contributed by atoms with Crippen LogP contribution in [0.1, 0.15) is 17.1 Å². The van der Waals surface area contributed by atoms with Crippen molar-refractivity contribution in [3.05, 3.63) is 35.0 Å². The molecular weight excluding hydrogens is 374 g/mol. The van der Waals surface area contributed by atoms with Gasteiger partial charge in [-0.1, -0.05) is 0 Å². The molecule has 0 spiro atoms. The number of alkyl halides is 2. The summed E-state index contributed by atoms with van der Waals surface area (Å²) in [4.78, 5) is 0.903. The van der Waals surface area contributed by atoms with Crippen molar-refractivity contribution in [2.45, 2.75) is 17.6 Å². The van der Waals surface area contributed by atoms with Crippen LogP contribution in [-0.4, -0.2) is 41.3 Å². The van der Waals surface area contributed by atoms with Gasteiger partial charge in [0.2, 0.25) is 15.8 Å². The molecule has 0 fully saturated rings. The molecule has 134 valence electrons. The molecule has 3 aromatic heterocycles. The average molecular weight is 388 g/mol. The third kappa shape index (κ3) is 3.91. The maximum Gasteiger partial charge on any atom is 0.299 e. The van der Waals surface area contributed by atoms with E-state index in [1.54, 1.807) is 18.2 Å². The summed E-state index contributed by atoms with van der Waals surface area (Å²) in [6.45, 7) is 2.17. The van der Waals surface area contributed by atoms with Crippen LogP contribution in [0.2, 0.25) is 0 Å². The Bertz CT molecular complexity index is 985. The van der Waals surface area contributed by atoms with E-state index in [9.17, 15) is 17.2 Å². The first-order valence-corrected chi connectivity index (χ1v) is 9.47. The van der Waals surface area contributed by atoms with Crippen LogP contribution >= 0.6 is 11.3 Å². The van der Waals surface area contributed by atoms with Crippen molar-refractivity contribution < 1.29 is 17.2 Å². The highest BCUT2D eigenvalue weighted by molar-refractivity contribution is 7.91. The van der Waals surface area contributed by atoms with Gasteiger partial charge in [-0.3, -0.25) is 0 Å². The molecule has 2 N–H and O–H groups in total. The molecule has 8 nitrogen and oxygen atoms in total. The number of aryl methyl sites for hydroxylation is 1. The zero-order valence-corrected chi connectivity index (χ0v) is 14.6. The van der Waals surface area contributed by atoms with E-state index in [0.29, 0.717) is 5.82 Å². The van der Waals surface area contributed by atoms with Gasteiger partial charge >= 0.3 is 0 Å². The number of sulfonamides is 1. The van der Waals surface area contributed by atoms with Crippen LogP contribution in [0.3, 0.4) is 0 Å². The van der Waals surface area contributed by atoms with E-state index in [-0.39, 0.29) is 22.9 Å².